The molecule has 0 saturated heterocycles. The Morgan fingerprint density at radius 1 is 0.667 bits per heavy atom. The Morgan fingerprint density at radius 2 is 1.42 bits per heavy atom. The van der Waals surface area contributed by atoms with Gasteiger partial charge in [-0.05, 0) is 0 Å². The maximum atomic E-state index is 4.07. The van der Waals surface area contributed by atoms with Crippen molar-refractivity contribution in [3.63, 3.8) is 0 Å². The maximum Gasteiger partial charge on any atom is -1.00 e. The van der Waals surface area contributed by atoms with Crippen LogP contribution in [0, 0.1) is 0 Å². The predicted molar refractivity (Wildman–Crippen MR) is 186 cm³/mol. The van der Waals surface area contributed by atoms with E-state index in [2.05, 4.69) is 163 Å². The van der Waals surface area contributed by atoms with Crippen LogP contribution in [0.4, 0.5) is 0 Å². The zero-order valence-corrected chi connectivity index (χ0v) is 31.6. The van der Waals surface area contributed by atoms with Crippen molar-refractivity contribution in [1.29, 1.82) is 0 Å². The van der Waals surface area contributed by atoms with E-state index in [1.165, 1.54) is 79.9 Å². The Kier molecular flexibility index (Phi) is 8.65. The van der Waals surface area contributed by atoms with Gasteiger partial charge in [0.1, 0.15) is 0 Å². The van der Waals surface area contributed by atoms with Crippen LogP contribution in [0.1, 0.15) is 35.1 Å². The summed E-state index contributed by atoms with van der Waals surface area (Å²) in [6, 6.07) is 42.9. The molecule has 3 aromatic heterocycles. The second-order valence-corrected chi connectivity index (χ2v) is 17.5. The van der Waals surface area contributed by atoms with Crippen LogP contribution in [-0.2, 0) is 23.2 Å². The topological polar surface area (TPSA) is 4.93 Å². The number of thiophene rings is 1. The Bertz CT molecular complexity index is 2310. The molecule has 3 heterocycles. The monoisotopic (exact) mass is 843 g/mol. The van der Waals surface area contributed by atoms with Gasteiger partial charge in [-0.1, -0.05) is 0 Å². The number of benzene rings is 5. The molecule has 0 amide bonds. The smallest absolute Gasteiger partial charge is 1.00 e. The van der Waals surface area contributed by atoms with Crippen LogP contribution in [-0.4, -0.2) is 4.57 Å². The summed E-state index contributed by atoms with van der Waals surface area (Å²) >= 11 is 8.68. The fourth-order valence-corrected chi connectivity index (χ4v) is 15.5. The third kappa shape index (κ3) is 5.01. The van der Waals surface area contributed by atoms with Crippen molar-refractivity contribution in [2.75, 3.05) is 0 Å². The maximum absolute atomic E-state index is 4.07. The number of aromatic nitrogens is 1. The normalized spacial score (nSPS) is 15.9. The first-order chi connectivity index (χ1) is 21.2. The van der Waals surface area contributed by atoms with Crippen LogP contribution >= 0.6 is 43.2 Å². The minimum absolute atomic E-state index is 0. The van der Waals surface area contributed by atoms with E-state index < -0.39 is 23.2 Å². The summed E-state index contributed by atoms with van der Waals surface area (Å²) in [4.78, 5) is 0. The van der Waals surface area contributed by atoms with Gasteiger partial charge in [0, 0.05) is 0 Å². The molecule has 0 spiro atoms. The van der Waals surface area contributed by atoms with Crippen molar-refractivity contribution in [2.45, 2.75) is 7.25 Å². The van der Waals surface area contributed by atoms with E-state index >= 15 is 0 Å². The van der Waals surface area contributed by atoms with E-state index in [1.807, 2.05) is 11.3 Å². The first kappa shape index (κ1) is 31.4. The molecular weight excluding hydrogens is 824 g/mol. The molecule has 0 radical (unpaired) electrons. The van der Waals surface area contributed by atoms with E-state index in [4.69, 9.17) is 0 Å². The number of rotatable bonds is 4. The average Bonchev–Trinajstić information content (AvgIpc) is 3.76. The fourth-order valence-electron chi connectivity index (χ4n) is 7.01. The molecule has 5 aromatic carbocycles. The fraction of sp³-hybridized carbons (Fsp3) is 0.0526. The number of halogens is 4. The molecule has 8 aromatic rings. The number of hydrogen-bond acceptors (Lipinski definition) is 1. The van der Waals surface area contributed by atoms with E-state index in [1.54, 1.807) is 0 Å². The number of nitrogens with zero attached hydrogens (tertiary/aromatic N) is 1. The summed E-state index contributed by atoms with van der Waals surface area (Å²) in [5.74, 6) is 0. The summed E-state index contributed by atoms with van der Waals surface area (Å²) in [5.41, 5.74) is 12.3. The molecule has 218 valence electrons. The third-order valence-corrected chi connectivity index (χ3v) is 15.9. The minimum Gasteiger partial charge on any atom is -1.00 e. The van der Waals surface area contributed by atoms with Gasteiger partial charge in [0.05, 0.1) is 0 Å². The number of hydrogen-bond donors (Lipinski definition) is 0. The summed E-state index contributed by atoms with van der Waals surface area (Å²) in [7, 11) is 0. The molecule has 2 aliphatic carbocycles. The van der Waals surface area contributed by atoms with E-state index in [-0.39, 0.29) is 24.8 Å². The van der Waals surface area contributed by atoms with Gasteiger partial charge in [0.25, 0.3) is 0 Å². The van der Waals surface area contributed by atoms with Crippen LogP contribution < -0.4 is 24.8 Å². The first-order valence-electron chi connectivity index (χ1n) is 14.4. The van der Waals surface area contributed by atoms with Crippen LogP contribution in [0.25, 0.3) is 49.2 Å². The SMILES string of the molecule is Brc1cccc2c1[CH]([Zr+2][CH]1c3cc4c1c(Br)ccc4n(-c1csc4ccccc14)c1ccc3cc1)C(c1ccccc1)=C2.[Cl-].[Cl-]. The summed E-state index contributed by atoms with van der Waals surface area (Å²) in [5, 5.41) is 6.33. The van der Waals surface area contributed by atoms with Crippen LogP contribution in [0.2, 0.25) is 0 Å². The Hall–Kier alpha value is -2.24. The predicted octanol–water partition coefficient (Wildman–Crippen LogP) is 5.87. The summed E-state index contributed by atoms with van der Waals surface area (Å²) in [6.45, 7) is 0. The molecule has 1 nitrogen and oxygen atoms in total. The first-order valence-corrected chi connectivity index (χ1v) is 19.7. The molecule has 45 heavy (non-hydrogen) atoms. The average molecular weight is 848 g/mol. The number of allylic oxidation sites excluding steroid dienone is 1. The van der Waals surface area contributed by atoms with Crippen LogP contribution in [0.3, 0.4) is 0 Å². The van der Waals surface area contributed by atoms with E-state index in [0.29, 0.717) is 7.25 Å². The van der Waals surface area contributed by atoms with Crippen molar-refractivity contribution >= 4 is 86.7 Å². The number of fused-ring (bicyclic) bond motifs is 4. The second kappa shape index (κ2) is 12.4. The minimum atomic E-state index is -1.19. The Labute approximate surface area is 306 Å². The summed E-state index contributed by atoms with van der Waals surface area (Å²) in [6.07, 6.45) is 2.45. The van der Waals surface area contributed by atoms with Crippen LogP contribution in [0.5, 0.6) is 0 Å². The zero-order chi connectivity index (χ0) is 28.7. The molecule has 0 N–H and O–H groups in total. The Morgan fingerprint density at radius 3 is 2.24 bits per heavy atom. The van der Waals surface area contributed by atoms with E-state index in [0.717, 1.165) is 0 Å². The summed E-state index contributed by atoms with van der Waals surface area (Å²) < 4.78 is 7.10. The quantitative estimate of drug-likeness (QED) is 0.209. The zero-order valence-electron chi connectivity index (χ0n) is 23.6. The molecule has 0 fully saturated rings. The van der Waals surface area contributed by atoms with Crippen molar-refractivity contribution in [3.8, 4) is 5.69 Å². The van der Waals surface area contributed by atoms with E-state index in [9.17, 15) is 0 Å². The molecule has 4 bridgehead atoms. The van der Waals surface area contributed by atoms with Crippen molar-refractivity contribution in [2.24, 2.45) is 0 Å². The molecule has 0 aliphatic heterocycles. The second-order valence-electron chi connectivity index (χ2n) is 11.2. The Balaban J connectivity index is 0.00000163. The molecule has 7 heteroatoms. The van der Waals surface area contributed by atoms with Gasteiger partial charge in [0.2, 0.25) is 0 Å². The van der Waals surface area contributed by atoms with Gasteiger partial charge >= 0.3 is 285 Å². The molecule has 2 unspecified atom stereocenters. The molecular formula is C38H23Br2Cl2NSZr. The molecule has 10 rings (SSSR count). The van der Waals surface area contributed by atoms with Crippen molar-refractivity contribution in [1.82, 2.24) is 4.57 Å². The van der Waals surface area contributed by atoms with Crippen molar-refractivity contribution < 1.29 is 48.0 Å². The van der Waals surface area contributed by atoms with Crippen LogP contribution in [0.15, 0.2) is 130 Å². The third-order valence-electron chi connectivity index (χ3n) is 8.95. The molecule has 2 aliphatic rings. The largest absolute Gasteiger partial charge is 1.00 e. The molecule has 0 saturated carbocycles. The van der Waals surface area contributed by atoms with Gasteiger partial charge in [-0.15, -0.1) is 0 Å². The molecule has 2 atom stereocenters. The van der Waals surface area contributed by atoms with Gasteiger partial charge in [-0.3, -0.25) is 0 Å². The van der Waals surface area contributed by atoms with Gasteiger partial charge in [-0.2, -0.15) is 0 Å². The standard InChI is InChI=1S/C23H13BrNS.C15H10Br.2ClH.Zr/c24-20-9-10-21-19-12-15(11-18(19)20)14-5-7-16(8-6-14)25(21)22-13-26-23-4-2-1-3-17(22)23;16-15-8-4-7-12-9-13(10-14(12)15)11-5-2-1-3-6-11;;;/h1-13H;1-10H;2*1H;/q;;;;+2/p-2. The van der Waals surface area contributed by atoms with Gasteiger partial charge < -0.3 is 24.8 Å². The van der Waals surface area contributed by atoms with Gasteiger partial charge in [-0.25, -0.2) is 0 Å². The van der Waals surface area contributed by atoms with Crippen molar-refractivity contribution in [3.05, 3.63) is 157 Å². The van der Waals surface area contributed by atoms with Gasteiger partial charge in [0.15, 0.2) is 0 Å².